The molecule has 1 saturated heterocycles. The van der Waals surface area contributed by atoms with Gasteiger partial charge >= 0.3 is 6.09 Å². The first-order chi connectivity index (χ1) is 14.6. The second kappa shape index (κ2) is 9.15. The first-order valence-corrected chi connectivity index (χ1v) is 10.5. The second-order valence-corrected chi connectivity index (χ2v) is 7.97. The monoisotopic (exact) mass is 425 g/mol. The van der Waals surface area contributed by atoms with Crippen LogP contribution in [0, 0.1) is 5.41 Å². The fourth-order valence-electron chi connectivity index (χ4n) is 3.27. The summed E-state index contributed by atoms with van der Waals surface area (Å²) in [7, 11) is 0. The molecule has 1 atom stereocenters. The van der Waals surface area contributed by atoms with Gasteiger partial charge in [0, 0.05) is 23.2 Å². The molecule has 1 aliphatic heterocycles. The SMILES string of the molecule is N=C(N)c1cc2c(OC(COC(=O)N3CCOCC3)c3ccccc3)cccc2s1. The van der Waals surface area contributed by atoms with Gasteiger partial charge in [0.25, 0.3) is 0 Å². The van der Waals surface area contributed by atoms with E-state index >= 15 is 0 Å². The number of hydrogen-bond acceptors (Lipinski definition) is 6. The van der Waals surface area contributed by atoms with Crippen LogP contribution in [-0.4, -0.2) is 49.7 Å². The molecule has 1 fully saturated rings. The van der Waals surface area contributed by atoms with Gasteiger partial charge in [0.2, 0.25) is 0 Å². The molecule has 7 nitrogen and oxygen atoms in total. The van der Waals surface area contributed by atoms with E-state index in [9.17, 15) is 4.79 Å². The van der Waals surface area contributed by atoms with Crippen LogP contribution in [0.1, 0.15) is 16.5 Å². The van der Waals surface area contributed by atoms with Crippen molar-refractivity contribution in [1.82, 2.24) is 4.90 Å². The fraction of sp³-hybridized carbons (Fsp3) is 0.273. The van der Waals surface area contributed by atoms with E-state index in [0.717, 1.165) is 15.6 Å². The number of carbonyl (C=O) groups excluding carboxylic acids is 1. The van der Waals surface area contributed by atoms with Crippen molar-refractivity contribution in [2.75, 3.05) is 32.9 Å². The number of hydrogen-bond donors (Lipinski definition) is 2. The summed E-state index contributed by atoms with van der Waals surface area (Å²) >= 11 is 1.45. The number of carbonyl (C=O) groups is 1. The van der Waals surface area contributed by atoms with Crippen LogP contribution < -0.4 is 10.5 Å². The second-order valence-electron chi connectivity index (χ2n) is 6.89. The van der Waals surface area contributed by atoms with Crippen LogP contribution in [0.4, 0.5) is 4.79 Å². The van der Waals surface area contributed by atoms with Gasteiger partial charge in [-0.25, -0.2) is 4.79 Å². The zero-order chi connectivity index (χ0) is 20.9. The van der Waals surface area contributed by atoms with Gasteiger partial charge in [0.15, 0.2) is 6.10 Å². The van der Waals surface area contributed by atoms with E-state index < -0.39 is 6.10 Å². The van der Waals surface area contributed by atoms with Crippen LogP contribution in [0.25, 0.3) is 10.1 Å². The standard InChI is InChI=1S/C22H23N3O4S/c23-21(24)20-13-16-17(7-4-8-19(16)30-20)29-18(15-5-2-1-3-6-15)14-28-22(26)25-9-11-27-12-10-25/h1-8,13,18H,9-12,14H2,(H3,23,24). The highest BCUT2D eigenvalue weighted by atomic mass is 32.1. The van der Waals surface area contributed by atoms with Gasteiger partial charge in [-0.2, -0.15) is 0 Å². The number of amidine groups is 1. The van der Waals surface area contributed by atoms with Gasteiger partial charge in [-0.3, -0.25) is 5.41 Å². The van der Waals surface area contributed by atoms with Gasteiger partial charge in [-0.15, -0.1) is 11.3 Å². The quantitative estimate of drug-likeness (QED) is 0.463. The van der Waals surface area contributed by atoms with E-state index in [1.165, 1.54) is 11.3 Å². The van der Waals surface area contributed by atoms with Crippen molar-refractivity contribution in [1.29, 1.82) is 5.41 Å². The van der Waals surface area contributed by atoms with Gasteiger partial charge in [0.1, 0.15) is 18.2 Å². The van der Waals surface area contributed by atoms with Crippen molar-refractivity contribution < 1.29 is 19.0 Å². The Bertz CT molecular complexity index is 1030. The van der Waals surface area contributed by atoms with Gasteiger partial charge in [-0.05, 0) is 23.8 Å². The molecule has 1 amide bonds. The molecule has 1 unspecified atom stereocenters. The Kier molecular flexibility index (Phi) is 6.15. The van der Waals surface area contributed by atoms with E-state index in [1.807, 2.05) is 54.6 Å². The largest absolute Gasteiger partial charge is 0.481 e. The number of nitrogens with one attached hydrogen (secondary N) is 1. The molecular formula is C22H23N3O4S. The minimum absolute atomic E-state index is 0.0289. The Morgan fingerprint density at radius 1 is 1.17 bits per heavy atom. The number of amides is 1. The van der Waals surface area contributed by atoms with Gasteiger partial charge in [0.05, 0.1) is 18.1 Å². The Labute approximate surface area is 178 Å². The number of nitrogen functional groups attached to an aromatic ring is 1. The van der Waals surface area contributed by atoms with Crippen molar-refractivity contribution in [3.8, 4) is 5.75 Å². The average molecular weight is 426 g/mol. The zero-order valence-electron chi connectivity index (χ0n) is 16.4. The molecule has 4 rings (SSSR count). The highest BCUT2D eigenvalue weighted by Gasteiger charge is 2.22. The fourth-order valence-corrected chi connectivity index (χ4v) is 4.21. The lowest BCUT2D eigenvalue weighted by molar-refractivity contribution is 0.0147. The Balaban J connectivity index is 1.55. The molecule has 30 heavy (non-hydrogen) atoms. The molecule has 3 N–H and O–H groups in total. The topological polar surface area (TPSA) is 97.9 Å². The Morgan fingerprint density at radius 2 is 1.93 bits per heavy atom. The predicted octanol–water partition coefficient (Wildman–Crippen LogP) is 3.77. The molecule has 2 heterocycles. The van der Waals surface area contributed by atoms with Crippen LogP contribution in [0.15, 0.2) is 54.6 Å². The number of fused-ring (bicyclic) bond motifs is 1. The maximum atomic E-state index is 12.4. The summed E-state index contributed by atoms with van der Waals surface area (Å²) < 4.78 is 18.2. The molecule has 0 radical (unpaired) electrons. The average Bonchev–Trinajstić information content (AvgIpc) is 3.23. The van der Waals surface area contributed by atoms with Crippen LogP contribution in [0.2, 0.25) is 0 Å². The smallest absolute Gasteiger partial charge is 0.410 e. The third-order valence-electron chi connectivity index (χ3n) is 4.85. The van der Waals surface area contributed by atoms with Crippen molar-refractivity contribution in [2.45, 2.75) is 6.10 Å². The molecule has 0 saturated carbocycles. The van der Waals surface area contributed by atoms with Crippen LogP contribution in [-0.2, 0) is 9.47 Å². The van der Waals surface area contributed by atoms with Crippen LogP contribution >= 0.6 is 11.3 Å². The van der Waals surface area contributed by atoms with Crippen molar-refractivity contribution >= 4 is 33.4 Å². The van der Waals surface area contributed by atoms with E-state index in [0.29, 0.717) is 36.9 Å². The first kappa shape index (κ1) is 20.2. The van der Waals surface area contributed by atoms with E-state index in [2.05, 4.69) is 0 Å². The summed E-state index contributed by atoms with van der Waals surface area (Å²) in [5.74, 6) is 0.689. The molecule has 8 heteroatoms. The molecule has 0 aliphatic carbocycles. The lowest BCUT2D eigenvalue weighted by Gasteiger charge is -2.27. The highest BCUT2D eigenvalue weighted by molar-refractivity contribution is 7.20. The summed E-state index contributed by atoms with van der Waals surface area (Å²) in [5.41, 5.74) is 6.56. The van der Waals surface area contributed by atoms with E-state index in [-0.39, 0.29) is 18.5 Å². The summed E-state index contributed by atoms with van der Waals surface area (Å²) in [6, 6.07) is 17.3. The minimum Gasteiger partial charge on any atom is -0.481 e. The summed E-state index contributed by atoms with van der Waals surface area (Å²) in [6.45, 7) is 2.18. The van der Waals surface area contributed by atoms with E-state index in [4.69, 9.17) is 25.4 Å². The number of morpholine rings is 1. The summed E-state index contributed by atoms with van der Waals surface area (Å²) in [5, 5.41) is 8.58. The molecule has 3 aromatic rings. The van der Waals surface area contributed by atoms with E-state index in [1.54, 1.807) is 4.90 Å². The Morgan fingerprint density at radius 3 is 2.67 bits per heavy atom. The maximum Gasteiger partial charge on any atom is 0.410 e. The molecule has 156 valence electrons. The molecule has 0 bridgehead atoms. The lowest BCUT2D eigenvalue weighted by atomic mass is 10.1. The molecule has 0 spiro atoms. The number of nitrogens with two attached hydrogens (primary N) is 1. The normalized spacial score (nSPS) is 15.0. The summed E-state index contributed by atoms with van der Waals surface area (Å²) in [6.07, 6.45) is -0.835. The first-order valence-electron chi connectivity index (χ1n) is 9.70. The maximum absolute atomic E-state index is 12.4. The highest BCUT2D eigenvalue weighted by Crippen LogP contribution is 2.35. The third kappa shape index (κ3) is 4.55. The minimum atomic E-state index is -0.470. The molecule has 2 aromatic carbocycles. The third-order valence-corrected chi connectivity index (χ3v) is 5.99. The molecular weight excluding hydrogens is 402 g/mol. The number of benzene rings is 2. The zero-order valence-corrected chi connectivity index (χ0v) is 17.2. The van der Waals surface area contributed by atoms with Crippen LogP contribution in [0.5, 0.6) is 5.75 Å². The molecule has 1 aliphatic rings. The number of nitrogens with zero attached hydrogens (tertiary/aromatic N) is 1. The van der Waals surface area contributed by atoms with Gasteiger partial charge < -0.3 is 24.8 Å². The van der Waals surface area contributed by atoms with Gasteiger partial charge in [-0.1, -0.05) is 36.4 Å². The van der Waals surface area contributed by atoms with Crippen LogP contribution in [0.3, 0.4) is 0 Å². The predicted molar refractivity (Wildman–Crippen MR) is 116 cm³/mol. The summed E-state index contributed by atoms with van der Waals surface area (Å²) in [4.78, 5) is 14.8. The Hall–Kier alpha value is -3.10. The number of ether oxygens (including phenoxy) is 3. The van der Waals surface area contributed by atoms with Crippen molar-refractivity contribution in [3.63, 3.8) is 0 Å². The molecule has 1 aromatic heterocycles. The number of rotatable bonds is 6. The van der Waals surface area contributed by atoms with Crippen molar-refractivity contribution in [2.24, 2.45) is 5.73 Å². The lowest BCUT2D eigenvalue weighted by Crippen LogP contribution is -2.41. The number of thiophene rings is 1. The van der Waals surface area contributed by atoms with Crippen molar-refractivity contribution in [3.05, 3.63) is 65.0 Å².